The number of hydrogen-bond donors (Lipinski definition) is 2. The number of benzene rings is 1. The number of nitrogens with one attached hydrogen (secondary N) is 1. The number of carbonyl (C=O) groups excluding carboxylic acids is 1. The normalized spacial score (nSPS) is 27.5. The molecule has 5 nitrogen and oxygen atoms in total. The number of nitrogens with zero attached hydrogens (tertiary/aromatic N) is 1. The van der Waals surface area contributed by atoms with E-state index in [-0.39, 0.29) is 30.1 Å². The van der Waals surface area contributed by atoms with E-state index in [9.17, 15) is 22.4 Å². The molecule has 1 heterocycles. The molecule has 3 N–H and O–H groups in total. The number of ether oxygens (including phenoxy) is 1. The second kappa shape index (κ2) is 5.36. The van der Waals surface area contributed by atoms with Gasteiger partial charge in [0, 0.05) is 16.7 Å². The Hall–Kier alpha value is -2.32. The van der Waals surface area contributed by atoms with Gasteiger partial charge in [-0.15, -0.1) is 0 Å². The molecular formula is C18H19F4N3O2. The van der Waals surface area contributed by atoms with E-state index < -0.39 is 34.3 Å². The van der Waals surface area contributed by atoms with Crippen molar-refractivity contribution in [1.82, 2.24) is 0 Å². The minimum atomic E-state index is -4.61. The van der Waals surface area contributed by atoms with E-state index in [0.29, 0.717) is 6.61 Å². The van der Waals surface area contributed by atoms with Crippen LogP contribution in [0.3, 0.4) is 0 Å². The Kier molecular flexibility index (Phi) is 3.58. The largest absolute Gasteiger partial charge is 0.465 e. The van der Waals surface area contributed by atoms with E-state index in [4.69, 9.17) is 10.5 Å². The molecule has 27 heavy (non-hydrogen) atoms. The van der Waals surface area contributed by atoms with Gasteiger partial charge in [0.2, 0.25) is 5.91 Å². The number of anilines is 1. The molecule has 4 rings (SSSR count). The highest BCUT2D eigenvalue weighted by Crippen LogP contribution is 2.62. The van der Waals surface area contributed by atoms with Crippen LogP contribution in [0.4, 0.5) is 23.2 Å². The number of aliphatic imine (C=N–C) groups is 1. The molecule has 1 aromatic rings. The third kappa shape index (κ3) is 2.58. The maximum atomic E-state index is 14.6. The molecule has 0 aromatic heterocycles. The molecule has 2 saturated carbocycles. The standard InChI is InChI=1S/C18H19F4N3O2/c1-15(16(4-5-16)9-27-14(23)25-15)11-8-10(2-3-12(11)19)24-13(26)17(6-7-17)18(20,21)22/h2-3,8H,4-7,9H2,1H3,(H2,23,25)(H,24,26)/t15-/m1/s1. The van der Waals surface area contributed by atoms with E-state index in [1.807, 2.05) is 0 Å². The highest BCUT2D eigenvalue weighted by Gasteiger charge is 2.68. The number of halogens is 4. The number of hydrogen-bond acceptors (Lipinski definition) is 4. The van der Waals surface area contributed by atoms with E-state index in [1.54, 1.807) is 6.92 Å². The van der Waals surface area contributed by atoms with Gasteiger partial charge in [0.25, 0.3) is 6.02 Å². The molecule has 1 amide bonds. The van der Waals surface area contributed by atoms with Gasteiger partial charge in [-0.3, -0.25) is 4.79 Å². The molecule has 0 bridgehead atoms. The zero-order valence-electron chi connectivity index (χ0n) is 14.6. The van der Waals surface area contributed by atoms with Crippen molar-refractivity contribution >= 4 is 17.6 Å². The van der Waals surface area contributed by atoms with Gasteiger partial charge in [0.05, 0.1) is 6.61 Å². The van der Waals surface area contributed by atoms with Crippen LogP contribution >= 0.6 is 0 Å². The Morgan fingerprint density at radius 3 is 2.48 bits per heavy atom. The van der Waals surface area contributed by atoms with Gasteiger partial charge in [-0.1, -0.05) is 0 Å². The lowest BCUT2D eigenvalue weighted by molar-refractivity contribution is -0.189. The smallest absolute Gasteiger partial charge is 0.403 e. The fraction of sp³-hybridized carbons (Fsp3) is 0.556. The third-order valence-corrected chi connectivity index (χ3v) is 6.19. The maximum absolute atomic E-state index is 14.6. The molecule has 2 aliphatic carbocycles. The first kappa shape index (κ1) is 18.1. The van der Waals surface area contributed by atoms with E-state index in [2.05, 4.69) is 10.3 Å². The Bertz CT molecular complexity index is 843. The summed E-state index contributed by atoms with van der Waals surface area (Å²) in [5.41, 5.74) is 2.22. The zero-order chi connectivity index (χ0) is 19.7. The minimum absolute atomic E-state index is 0.0575. The number of nitrogens with two attached hydrogens (primary N) is 1. The van der Waals surface area contributed by atoms with Gasteiger partial charge in [0.1, 0.15) is 16.8 Å². The molecule has 0 radical (unpaired) electrons. The molecule has 1 aliphatic heterocycles. The molecule has 3 aliphatic rings. The lowest BCUT2D eigenvalue weighted by Gasteiger charge is -2.38. The average molecular weight is 385 g/mol. The van der Waals surface area contributed by atoms with Crippen molar-refractivity contribution in [3.8, 4) is 0 Å². The van der Waals surface area contributed by atoms with Gasteiger partial charge in [0.15, 0.2) is 0 Å². The average Bonchev–Trinajstić information content (AvgIpc) is 3.46. The zero-order valence-corrected chi connectivity index (χ0v) is 14.6. The van der Waals surface area contributed by atoms with Gasteiger partial charge in [-0.25, -0.2) is 9.38 Å². The summed E-state index contributed by atoms with van der Waals surface area (Å²) in [7, 11) is 0. The van der Waals surface area contributed by atoms with E-state index in [0.717, 1.165) is 18.9 Å². The van der Waals surface area contributed by atoms with Crippen LogP contribution in [-0.4, -0.2) is 24.7 Å². The minimum Gasteiger partial charge on any atom is -0.465 e. The van der Waals surface area contributed by atoms with Gasteiger partial charge in [-0.05, 0) is 50.8 Å². The lowest BCUT2D eigenvalue weighted by atomic mass is 9.76. The summed E-state index contributed by atoms with van der Waals surface area (Å²) >= 11 is 0. The van der Waals surface area contributed by atoms with Crippen LogP contribution < -0.4 is 11.1 Å². The Morgan fingerprint density at radius 1 is 1.26 bits per heavy atom. The second-order valence-electron chi connectivity index (χ2n) is 7.82. The molecular weight excluding hydrogens is 366 g/mol. The summed E-state index contributed by atoms with van der Waals surface area (Å²) in [6.45, 7) is 2.03. The topological polar surface area (TPSA) is 76.7 Å². The van der Waals surface area contributed by atoms with Crippen LogP contribution in [0.25, 0.3) is 0 Å². The van der Waals surface area contributed by atoms with Crippen molar-refractivity contribution in [3.63, 3.8) is 0 Å². The van der Waals surface area contributed by atoms with Gasteiger partial charge < -0.3 is 15.8 Å². The monoisotopic (exact) mass is 385 g/mol. The second-order valence-corrected chi connectivity index (χ2v) is 7.82. The third-order valence-electron chi connectivity index (χ3n) is 6.19. The van der Waals surface area contributed by atoms with Crippen molar-refractivity contribution in [2.24, 2.45) is 21.6 Å². The Labute approximate surface area is 153 Å². The molecule has 0 unspecified atom stereocenters. The SMILES string of the molecule is C[C@]1(c2cc(NC(=O)C3(C(F)(F)F)CC3)ccc2F)N=C(N)OCC12CC2. The molecule has 1 aromatic carbocycles. The first-order valence-electron chi connectivity index (χ1n) is 8.69. The number of amidine groups is 1. The lowest BCUT2D eigenvalue weighted by Crippen LogP contribution is -2.44. The molecule has 0 saturated heterocycles. The van der Waals surface area contributed by atoms with Crippen LogP contribution in [-0.2, 0) is 15.1 Å². The Morgan fingerprint density at radius 2 is 1.93 bits per heavy atom. The summed E-state index contributed by atoms with van der Waals surface area (Å²) in [6, 6.07) is 3.67. The molecule has 1 spiro atoms. The molecule has 9 heteroatoms. The quantitative estimate of drug-likeness (QED) is 0.783. The van der Waals surface area contributed by atoms with E-state index in [1.165, 1.54) is 12.1 Å². The van der Waals surface area contributed by atoms with Crippen molar-refractivity contribution in [2.45, 2.75) is 44.3 Å². The Balaban J connectivity index is 1.67. The molecule has 1 atom stereocenters. The van der Waals surface area contributed by atoms with Gasteiger partial charge >= 0.3 is 6.18 Å². The summed E-state index contributed by atoms with van der Waals surface area (Å²) in [4.78, 5) is 16.5. The predicted molar refractivity (Wildman–Crippen MR) is 89.3 cm³/mol. The van der Waals surface area contributed by atoms with Crippen LogP contribution in [0.2, 0.25) is 0 Å². The van der Waals surface area contributed by atoms with Crippen LogP contribution in [0.5, 0.6) is 0 Å². The summed E-state index contributed by atoms with van der Waals surface area (Å²) in [5.74, 6) is -1.67. The summed E-state index contributed by atoms with van der Waals surface area (Å²) < 4.78 is 59.3. The summed E-state index contributed by atoms with van der Waals surface area (Å²) in [6.07, 6.45) is -3.55. The van der Waals surface area contributed by atoms with Crippen molar-refractivity contribution in [3.05, 3.63) is 29.6 Å². The number of carbonyl (C=O) groups is 1. The number of rotatable bonds is 3. The summed E-state index contributed by atoms with van der Waals surface area (Å²) in [5, 5.41) is 2.30. The van der Waals surface area contributed by atoms with Crippen molar-refractivity contribution in [1.29, 1.82) is 0 Å². The van der Waals surface area contributed by atoms with Crippen molar-refractivity contribution < 1.29 is 27.1 Å². The molecule has 146 valence electrons. The fourth-order valence-electron chi connectivity index (χ4n) is 3.84. The van der Waals surface area contributed by atoms with E-state index >= 15 is 0 Å². The predicted octanol–water partition coefficient (Wildman–Crippen LogP) is 3.45. The number of alkyl halides is 3. The fourth-order valence-corrected chi connectivity index (χ4v) is 3.84. The number of amides is 1. The van der Waals surface area contributed by atoms with Crippen LogP contribution in [0.15, 0.2) is 23.2 Å². The van der Waals surface area contributed by atoms with Crippen LogP contribution in [0, 0.1) is 16.6 Å². The highest BCUT2D eigenvalue weighted by molar-refractivity contribution is 5.98. The highest BCUT2D eigenvalue weighted by atomic mass is 19.4. The van der Waals surface area contributed by atoms with Gasteiger partial charge in [-0.2, -0.15) is 13.2 Å². The van der Waals surface area contributed by atoms with Crippen molar-refractivity contribution in [2.75, 3.05) is 11.9 Å². The first-order valence-corrected chi connectivity index (χ1v) is 8.69. The first-order chi connectivity index (χ1) is 12.5. The maximum Gasteiger partial charge on any atom is 0.403 e. The van der Waals surface area contributed by atoms with Crippen LogP contribution in [0.1, 0.15) is 38.2 Å². The molecule has 2 fully saturated rings.